The van der Waals surface area contributed by atoms with Crippen molar-refractivity contribution in [2.45, 2.75) is 18.7 Å². The van der Waals surface area contributed by atoms with Crippen molar-refractivity contribution in [3.05, 3.63) is 123 Å². The number of hydrogen-bond donors (Lipinski definition) is 5. The number of primary amides is 1. The Hall–Kier alpha value is -4.39. The first kappa shape index (κ1) is 37.1. The molecule has 0 aromatic heterocycles. The van der Waals surface area contributed by atoms with E-state index in [4.69, 9.17) is 39.1 Å². The van der Waals surface area contributed by atoms with Crippen LogP contribution in [0.5, 0.6) is 11.5 Å². The van der Waals surface area contributed by atoms with Gasteiger partial charge in [0.2, 0.25) is 5.91 Å². The fourth-order valence-electron chi connectivity index (χ4n) is 3.95. The van der Waals surface area contributed by atoms with E-state index in [1.165, 1.54) is 12.1 Å². The van der Waals surface area contributed by atoms with Gasteiger partial charge in [0.15, 0.2) is 0 Å². The van der Waals surface area contributed by atoms with Crippen LogP contribution in [0.2, 0.25) is 10.0 Å². The van der Waals surface area contributed by atoms with E-state index in [-0.39, 0.29) is 23.3 Å². The molecule has 246 valence electrons. The second-order valence-corrected chi connectivity index (χ2v) is 12.0. The summed E-state index contributed by atoms with van der Waals surface area (Å²) in [4.78, 5) is 23.9. The minimum absolute atomic E-state index is 0.0598. The van der Waals surface area contributed by atoms with Gasteiger partial charge in [-0.25, -0.2) is 9.73 Å². The molecule has 2 amide bonds. The highest BCUT2D eigenvalue weighted by molar-refractivity contribution is 7.97. The number of aromatic hydroxyl groups is 2. The Morgan fingerprint density at radius 2 is 1.43 bits per heavy atom. The lowest BCUT2D eigenvalue weighted by atomic mass is 10.1. The molecule has 1 fully saturated rings. The normalized spacial score (nSPS) is 12.9. The van der Waals surface area contributed by atoms with Gasteiger partial charge >= 0.3 is 0 Å². The summed E-state index contributed by atoms with van der Waals surface area (Å²) in [5.41, 5.74) is 10.5. The highest BCUT2D eigenvalue weighted by Gasteiger charge is 2.12. The minimum atomic E-state index is -0.385. The van der Waals surface area contributed by atoms with Crippen LogP contribution >= 0.6 is 35.1 Å². The van der Waals surface area contributed by atoms with Gasteiger partial charge in [-0.1, -0.05) is 47.5 Å². The summed E-state index contributed by atoms with van der Waals surface area (Å²) in [6.07, 6.45) is 0. The van der Waals surface area contributed by atoms with Gasteiger partial charge < -0.3 is 26.1 Å². The van der Waals surface area contributed by atoms with Crippen LogP contribution in [0.1, 0.15) is 45.7 Å². The number of amides is 2. The average Bonchev–Trinajstić information content (AvgIpc) is 3.07. The van der Waals surface area contributed by atoms with E-state index in [2.05, 4.69) is 14.8 Å². The van der Waals surface area contributed by atoms with Gasteiger partial charge in [0.05, 0.1) is 18.9 Å². The molecule has 13 heteroatoms. The van der Waals surface area contributed by atoms with Crippen LogP contribution in [0.25, 0.3) is 0 Å². The van der Waals surface area contributed by atoms with E-state index < -0.39 is 0 Å². The van der Waals surface area contributed by atoms with Crippen LogP contribution < -0.4 is 11.2 Å². The summed E-state index contributed by atoms with van der Waals surface area (Å²) in [6, 6.07) is 25.4. The summed E-state index contributed by atoms with van der Waals surface area (Å²) in [5, 5.41) is 31.2. The number of benzene rings is 4. The first-order valence-electron chi connectivity index (χ1n) is 14.3. The maximum atomic E-state index is 11.8. The Morgan fingerprint density at radius 1 is 0.851 bits per heavy atom. The second-order valence-electron chi connectivity index (χ2n) is 9.98. The van der Waals surface area contributed by atoms with Crippen molar-refractivity contribution in [1.29, 1.82) is 5.41 Å². The molecule has 47 heavy (non-hydrogen) atoms. The van der Waals surface area contributed by atoms with Crippen molar-refractivity contribution >= 4 is 58.4 Å². The van der Waals surface area contributed by atoms with Crippen molar-refractivity contribution in [1.82, 2.24) is 9.73 Å². The van der Waals surface area contributed by atoms with E-state index in [1.54, 1.807) is 80.4 Å². The molecule has 0 atom stereocenters. The number of phenolic OH excluding ortho intramolecular Hbond substituents is 2. The second kappa shape index (κ2) is 18.7. The molecule has 5 rings (SSSR count). The Bertz CT molecular complexity index is 1720. The summed E-state index contributed by atoms with van der Waals surface area (Å²) < 4.78 is 7.50. The predicted molar refractivity (Wildman–Crippen MR) is 188 cm³/mol. The van der Waals surface area contributed by atoms with Crippen LogP contribution in [0.15, 0.2) is 101 Å². The van der Waals surface area contributed by atoms with Gasteiger partial charge in [-0.15, -0.1) is 0 Å². The zero-order chi connectivity index (χ0) is 34.3. The fraction of sp³-hybridized carbons (Fsp3) is 0.176. The van der Waals surface area contributed by atoms with Crippen LogP contribution in [-0.4, -0.2) is 64.1 Å². The number of ether oxygens (including phenoxy) is 1. The lowest BCUT2D eigenvalue weighted by Crippen LogP contribution is -2.30. The number of nitrogens with one attached hydrogen (secondary N) is 2. The Kier molecular flexibility index (Phi) is 14.7. The molecule has 1 aliphatic heterocycles. The van der Waals surface area contributed by atoms with Crippen molar-refractivity contribution < 1.29 is 24.5 Å². The molecule has 4 aromatic rings. The lowest BCUT2D eigenvalue weighted by molar-refractivity contribution is 0.0773. The van der Waals surface area contributed by atoms with E-state index in [0.29, 0.717) is 43.7 Å². The molecule has 1 aliphatic rings. The van der Waals surface area contributed by atoms with Gasteiger partial charge in [0.1, 0.15) is 11.5 Å². The monoisotopic (exact) mass is 695 g/mol. The van der Waals surface area contributed by atoms with Gasteiger partial charge in [-0.05, 0) is 92.5 Å². The van der Waals surface area contributed by atoms with Crippen LogP contribution in [0.3, 0.4) is 0 Å². The molecule has 0 bridgehead atoms. The molecule has 0 saturated carbocycles. The van der Waals surface area contributed by atoms with Crippen molar-refractivity contribution in [2.75, 3.05) is 26.3 Å². The molecule has 4 aromatic carbocycles. The molecule has 0 spiro atoms. The summed E-state index contributed by atoms with van der Waals surface area (Å²) in [7, 11) is 0. The number of rotatable bonds is 7. The van der Waals surface area contributed by atoms with E-state index in [1.807, 2.05) is 24.3 Å². The van der Waals surface area contributed by atoms with E-state index in [0.717, 1.165) is 31.2 Å². The quantitative estimate of drug-likeness (QED) is 0.0811. The van der Waals surface area contributed by atoms with E-state index >= 15 is 0 Å². The molecule has 1 saturated heterocycles. The Balaban J connectivity index is 0.000000200. The minimum Gasteiger partial charge on any atom is -0.507 e. The SMILES string of the molecule is C/C(=N\NC(=O)c1ccccc1)c1cc(Cl)ccc1O.CC(=N)c1cc(Cl)ccc1O.NC(=O)c1cccc(SN2CCOCC2)c1. The highest BCUT2D eigenvalue weighted by atomic mass is 35.5. The van der Waals surface area contributed by atoms with Gasteiger partial charge in [-0.2, -0.15) is 5.10 Å². The predicted octanol–water partition coefficient (Wildman–Crippen LogP) is 6.76. The standard InChI is InChI=1S/C15H13ClN2O2.C11H14N2O2S.C8H8ClNO/c1-10(13-9-12(16)7-8-14(13)19)17-18-15(20)11-5-3-2-4-6-11;12-11(14)9-2-1-3-10(8-9)16-13-4-6-15-7-5-13;1-5(10)7-4-6(9)2-3-8(7)11/h2-9,19H,1H3,(H,18,20);1-3,8H,4-7H2,(H2,12,14);2-4,10-11H,1H3/b17-10+;;. The first-order valence-corrected chi connectivity index (χ1v) is 15.8. The largest absolute Gasteiger partial charge is 0.507 e. The van der Waals surface area contributed by atoms with Gasteiger partial charge in [0.25, 0.3) is 5.91 Å². The number of carbonyl (C=O) groups excluding carboxylic acids is 2. The van der Waals surface area contributed by atoms with Crippen LogP contribution in [0, 0.1) is 5.41 Å². The third kappa shape index (κ3) is 12.4. The highest BCUT2D eigenvalue weighted by Crippen LogP contribution is 2.25. The Morgan fingerprint density at radius 3 is 2.00 bits per heavy atom. The molecule has 1 heterocycles. The zero-order valence-corrected chi connectivity index (χ0v) is 28.1. The Labute approximate surface area is 287 Å². The molecule has 10 nitrogen and oxygen atoms in total. The first-order chi connectivity index (χ1) is 22.4. The third-order valence-electron chi connectivity index (χ3n) is 6.40. The van der Waals surface area contributed by atoms with Crippen LogP contribution in [0.4, 0.5) is 0 Å². The van der Waals surface area contributed by atoms with Gasteiger partial charge in [0, 0.05) is 56.0 Å². The summed E-state index contributed by atoms with van der Waals surface area (Å²) in [6.45, 7) is 6.63. The maximum Gasteiger partial charge on any atom is 0.271 e. The van der Waals surface area contributed by atoms with Crippen molar-refractivity contribution in [3.63, 3.8) is 0 Å². The summed E-state index contributed by atoms with van der Waals surface area (Å²) >= 11 is 13.2. The smallest absolute Gasteiger partial charge is 0.271 e. The summed E-state index contributed by atoms with van der Waals surface area (Å²) in [5.74, 6) is -0.539. The lowest BCUT2D eigenvalue weighted by Gasteiger charge is -2.25. The average molecular weight is 697 g/mol. The number of nitrogens with zero attached hydrogens (tertiary/aromatic N) is 2. The maximum absolute atomic E-state index is 11.8. The number of halogens is 2. The molecule has 6 N–H and O–H groups in total. The fourth-order valence-corrected chi connectivity index (χ4v) is 5.24. The molecular weight excluding hydrogens is 661 g/mol. The van der Waals surface area contributed by atoms with Crippen LogP contribution in [-0.2, 0) is 4.74 Å². The zero-order valence-electron chi connectivity index (χ0n) is 25.7. The topological polar surface area (TPSA) is 161 Å². The number of hydrogen-bond acceptors (Lipinski definition) is 9. The van der Waals surface area contributed by atoms with Crippen molar-refractivity contribution in [2.24, 2.45) is 10.8 Å². The van der Waals surface area contributed by atoms with E-state index in [9.17, 15) is 19.8 Å². The number of nitrogens with two attached hydrogens (primary N) is 1. The number of hydrazone groups is 1. The molecule has 0 aliphatic carbocycles. The molecular formula is C34H35Cl2N5O5S. The molecule has 0 unspecified atom stereocenters. The number of morpholine rings is 1. The number of carbonyl (C=O) groups is 2. The van der Waals surface area contributed by atoms with Gasteiger partial charge in [-0.3, -0.25) is 9.59 Å². The van der Waals surface area contributed by atoms with Crippen molar-refractivity contribution in [3.8, 4) is 11.5 Å². The molecule has 0 radical (unpaired) electrons. The number of phenols is 2. The third-order valence-corrected chi connectivity index (χ3v) is 7.95.